The lowest BCUT2D eigenvalue weighted by atomic mass is 10.1. The largest absolute Gasteiger partial charge is 0.497 e. The van der Waals surface area contributed by atoms with E-state index in [0.717, 1.165) is 29.7 Å². The Morgan fingerprint density at radius 1 is 1.15 bits per heavy atom. The van der Waals surface area contributed by atoms with Gasteiger partial charge in [-0.15, -0.1) is 0 Å². The minimum Gasteiger partial charge on any atom is -0.497 e. The van der Waals surface area contributed by atoms with Crippen LogP contribution in [0.2, 0.25) is 0 Å². The van der Waals surface area contributed by atoms with Crippen LogP contribution in [0.15, 0.2) is 41.5 Å². The molecule has 1 aromatic carbocycles. The number of nitrogens with one attached hydrogen (secondary N) is 1. The molecule has 3 heterocycles. The third-order valence-electron chi connectivity index (χ3n) is 5.11. The first-order valence-corrected chi connectivity index (χ1v) is 9.19. The maximum Gasteiger partial charge on any atom is 0.259 e. The zero-order valence-corrected chi connectivity index (χ0v) is 15.1. The van der Waals surface area contributed by atoms with E-state index in [9.17, 15) is 4.79 Å². The molecule has 1 aliphatic heterocycles. The summed E-state index contributed by atoms with van der Waals surface area (Å²) in [6, 6.07) is 7.53. The number of H-pyrrole nitrogens is 1. The molecule has 6 nitrogen and oxygen atoms in total. The number of hydrogen-bond acceptors (Lipinski definition) is 4. The number of aromatic nitrogens is 3. The Labute approximate surface area is 152 Å². The molecule has 26 heavy (non-hydrogen) atoms. The molecule has 0 bridgehead atoms. The Morgan fingerprint density at radius 3 is 2.81 bits per heavy atom. The number of benzene rings is 1. The summed E-state index contributed by atoms with van der Waals surface area (Å²) in [7, 11) is 1.64. The zero-order chi connectivity index (χ0) is 17.9. The quantitative estimate of drug-likeness (QED) is 0.767. The van der Waals surface area contributed by atoms with Gasteiger partial charge in [0, 0.05) is 36.4 Å². The van der Waals surface area contributed by atoms with Crippen LogP contribution in [0.5, 0.6) is 5.75 Å². The molecule has 0 saturated carbocycles. The molecule has 0 unspecified atom stereocenters. The van der Waals surface area contributed by atoms with Crippen LogP contribution in [0.25, 0.3) is 22.3 Å². The highest BCUT2D eigenvalue weighted by molar-refractivity contribution is 5.83. The predicted octanol–water partition coefficient (Wildman–Crippen LogP) is 2.89. The number of fused-ring (bicyclic) bond motifs is 1. The van der Waals surface area contributed by atoms with Gasteiger partial charge in [-0.2, -0.15) is 0 Å². The molecule has 136 valence electrons. The summed E-state index contributed by atoms with van der Waals surface area (Å²) in [5.74, 6) is 1.48. The number of hydrogen-bond donors (Lipinski definition) is 1. The van der Waals surface area contributed by atoms with Gasteiger partial charge in [-0.05, 0) is 50.2 Å². The second-order valence-electron chi connectivity index (χ2n) is 6.81. The van der Waals surface area contributed by atoms with Crippen LogP contribution >= 0.6 is 0 Å². The Balaban J connectivity index is 1.64. The normalized spacial score (nSPS) is 15.4. The first-order chi connectivity index (χ1) is 12.7. The molecule has 0 atom stereocenters. The van der Waals surface area contributed by atoms with Crippen molar-refractivity contribution in [2.24, 2.45) is 0 Å². The van der Waals surface area contributed by atoms with Crippen molar-refractivity contribution in [2.45, 2.75) is 25.8 Å². The zero-order valence-electron chi connectivity index (χ0n) is 15.1. The highest BCUT2D eigenvalue weighted by Crippen LogP contribution is 2.22. The molecule has 1 N–H and O–H groups in total. The SMILES string of the molecule is COc1ccc2[nH]c(=O)c(-c3nccn3CCN3CCCCC3)cc2c1. The molecule has 0 amide bonds. The predicted molar refractivity (Wildman–Crippen MR) is 103 cm³/mol. The number of imidazole rings is 1. The number of pyridine rings is 1. The van der Waals surface area contributed by atoms with E-state index in [1.165, 1.54) is 32.4 Å². The lowest BCUT2D eigenvalue weighted by Gasteiger charge is -2.26. The van der Waals surface area contributed by atoms with Crippen molar-refractivity contribution >= 4 is 10.9 Å². The van der Waals surface area contributed by atoms with Crippen molar-refractivity contribution in [3.63, 3.8) is 0 Å². The second-order valence-corrected chi connectivity index (χ2v) is 6.81. The van der Waals surface area contributed by atoms with Gasteiger partial charge in [0.25, 0.3) is 5.56 Å². The number of methoxy groups -OCH3 is 1. The fourth-order valence-corrected chi connectivity index (χ4v) is 3.64. The molecule has 1 saturated heterocycles. The second kappa shape index (κ2) is 7.33. The highest BCUT2D eigenvalue weighted by atomic mass is 16.5. The van der Waals surface area contributed by atoms with E-state index in [1.54, 1.807) is 13.3 Å². The molecule has 0 aliphatic carbocycles. The van der Waals surface area contributed by atoms with Crippen LogP contribution in [0.1, 0.15) is 19.3 Å². The summed E-state index contributed by atoms with van der Waals surface area (Å²) in [4.78, 5) is 22.5. The van der Waals surface area contributed by atoms with Crippen molar-refractivity contribution in [3.05, 3.63) is 47.0 Å². The van der Waals surface area contributed by atoms with Gasteiger partial charge >= 0.3 is 0 Å². The van der Waals surface area contributed by atoms with Gasteiger partial charge in [-0.1, -0.05) is 6.42 Å². The first-order valence-electron chi connectivity index (χ1n) is 9.19. The number of nitrogens with zero attached hydrogens (tertiary/aromatic N) is 3. The molecule has 1 aliphatic rings. The average molecular weight is 352 g/mol. The van der Waals surface area contributed by atoms with E-state index in [-0.39, 0.29) is 5.56 Å². The van der Waals surface area contributed by atoms with Crippen LogP contribution in [-0.4, -0.2) is 46.2 Å². The third-order valence-corrected chi connectivity index (χ3v) is 5.11. The number of piperidine rings is 1. The van der Waals surface area contributed by atoms with E-state index in [2.05, 4.69) is 19.4 Å². The topological polar surface area (TPSA) is 63.2 Å². The van der Waals surface area contributed by atoms with Crippen LogP contribution < -0.4 is 10.3 Å². The molecule has 4 rings (SSSR count). The fourth-order valence-electron chi connectivity index (χ4n) is 3.64. The Hall–Kier alpha value is -2.60. The van der Waals surface area contributed by atoms with Gasteiger partial charge in [0.2, 0.25) is 0 Å². The summed E-state index contributed by atoms with van der Waals surface area (Å²) < 4.78 is 7.37. The smallest absolute Gasteiger partial charge is 0.259 e. The molecular formula is C20H24N4O2. The number of likely N-dealkylation sites (tertiary alicyclic amines) is 1. The van der Waals surface area contributed by atoms with Crippen molar-refractivity contribution in [2.75, 3.05) is 26.7 Å². The lowest BCUT2D eigenvalue weighted by Crippen LogP contribution is -2.32. The van der Waals surface area contributed by atoms with Crippen molar-refractivity contribution in [3.8, 4) is 17.1 Å². The van der Waals surface area contributed by atoms with E-state index in [4.69, 9.17) is 4.74 Å². The van der Waals surface area contributed by atoms with Gasteiger partial charge in [-0.25, -0.2) is 4.98 Å². The molecule has 0 spiro atoms. The number of aromatic amines is 1. The van der Waals surface area contributed by atoms with Crippen LogP contribution in [0, 0.1) is 0 Å². The van der Waals surface area contributed by atoms with E-state index in [1.807, 2.05) is 30.5 Å². The molecule has 2 aromatic heterocycles. The molecule has 0 radical (unpaired) electrons. The molecule has 1 fully saturated rings. The summed E-state index contributed by atoms with van der Waals surface area (Å²) >= 11 is 0. The molecule has 3 aromatic rings. The summed E-state index contributed by atoms with van der Waals surface area (Å²) in [6.45, 7) is 4.16. The van der Waals surface area contributed by atoms with Gasteiger partial charge < -0.3 is 19.2 Å². The lowest BCUT2D eigenvalue weighted by molar-refractivity contribution is 0.221. The fraction of sp³-hybridized carbons (Fsp3) is 0.400. The maximum absolute atomic E-state index is 12.6. The highest BCUT2D eigenvalue weighted by Gasteiger charge is 2.14. The van der Waals surface area contributed by atoms with Crippen molar-refractivity contribution < 1.29 is 4.74 Å². The standard InChI is InChI=1S/C20H24N4O2/c1-26-16-5-6-18-15(13-16)14-17(20(25)22-18)19-21-7-10-24(19)12-11-23-8-3-2-4-9-23/h5-7,10,13-14H,2-4,8-9,11-12H2,1H3,(H,22,25). The van der Waals surface area contributed by atoms with Crippen LogP contribution in [0.4, 0.5) is 0 Å². The summed E-state index contributed by atoms with van der Waals surface area (Å²) in [5.41, 5.74) is 1.27. The molecular weight excluding hydrogens is 328 g/mol. The minimum atomic E-state index is -0.118. The van der Waals surface area contributed by atoms with Gasteiger partial charge in [0.05, 0.1) is 12.7 Å². The van der Waals surface area contributed by atoms with E-state index < -0.39 is 0 Å². The number of ether oxygens (including phenoxy) is 1. The maximum atomic E-state index is 12.6. The third kappa shape index (κ3) is 3.37. The van der Waals surface area contributed by atoms with E-state index >= 15 is 0 Å². The Morgan fingerprint density at radius 2 is 2.00 bits per heavy atom. The van der Waals surface area contributed by atoms with Crippen molar-refractivity contribution in [1.82, 2.24) is 19.4 Å². The van der Waals surface area contributed by atoms with Crippen LogP contribution in [0.3, 0.4) is 0 Å². The summed E-state index contributed by atoms with van der Waals surface area (Å²) in [6.07, 6.45) is 7.62. The monoisotopic (exact) mass is 352 g/mol. The Bertz CT molecular complexity index is 954. The summed E-state index contributed by atoms with van der Waals surface area (Å²) in [5, 5.41) is 0.935. The van der Waals surface area contributed by atoms with Gasteiger partial charge in [0.15, 0.2) is 0 Å². The molecule has 6 heteroatoms. The van der Waals surface area contributed by atoms with Gasteiger partial charge in [0.1, 0.15) is 11.6 Å². The Kier molecular flexibility index (Phi) is 4.75. The van der Waals surface area contributed by atoms with Crippen LogP contribution in [-0.2, 0) is 6.54 Å². The first kappa shape index (κ1) is 16.8. The average Bonchev–Trinajstić information content (AvgIpc) is 3.14. The van der Waals surface area contributed by atoms with Gasteiger partial charge in [-0.3, -0.25) is 4.79 Å². The van der Waals surface area contributed by atoms with Crippen molar-refractivity contribution in [1.29, 1.82) is 0 Å². The van der Waals surface area contributed by atoms with E-state index in [0.29, 0.717) is 11.4 Å². The minimum absolute atomic E-state index is 0.118. The number of rotatable bonds is 5.